The van der Waals surface area contributed by atoms with Gasteiger partial charge < -0.3 is 40.1 Å². The van der Waals surface area contributed by atoms with Crippen LogP contribution < -0.4 is 0 Å². The van der Waals surface area contributed by atoms with Crippen LogP contribution in [0.15, 0.2) is 0 Å². The fourth-order valence-corrected chi connectivity index (χ4v) is 2.48. The smallest absolute Gasteiger partial charge is 0.221 e. The van der Waals surface area contributed by atoms with E-state index in [-0.39, 0.29) is 25.4 Å². The average molecular weight is 310 g/mol. The molecule has 1 fully saturated rings. The normalized spacial score (nSPS) is 38.0. The van der Waals surface area contributed by atoms with Gasteiger partial charge in [0.15, 0.2) is 0 Å². The van der Waals surface area contributed by atoms with Crippen LogP contribution in [-0.4, -0.2) is 87.3 Å². The van der Waals surface area contributed by atoms with Crippen molar-refractivity contribution in [3.05, 3.63) is 0 Å². The van der Waals surface area contributed by atoms with Gasteiger partial charge in [0.2, 0.25) is 5.79 Å². The zero-order valence-corrected chi connectivity index (χ0v) is 12.3. The molecule has 7 atom stereocenters. The van der Waals surface area contributed by atoms with Crippen molar-refractivity contribution in [2.24, 2.45) is 5.92 Å². The Bertz CT molecular complexity index is 309. The molecule has 0 aromatic carbocycles. The molecule has 8 nitrogen and oxygen atoms in total. The Labute approximate surface area is 123 Å². The maximum atomic E-state index is 10.1. The van der Waals surface area contributed by atoms with E-state index in [1.165, 1.54) is 7.11 Å². The summed E-state index contributed by atoms with van der Waals surface area (Å²) in [6, 6.07) is 0. The van der Waals surface area contributed by atoms with Crippen molar-refractivity contribution in [2.75, 3.05) is 20.3 Å². The first-order valence-corrected chi connectivity index (χ1v) is 6.98. The van der Waals surface area contributed by atoms with E-state index >= 15 is 0 Å². The Morgan fingerprint density at radius 1 is 1.29 bits per heavy atom. The van der Waals surface area contributed by atoms with Gasteiger partial charge in [-0.25, -0.2) is 0 Å². The van der Waals surface area contributed by atoms with Crippen molar-refractivity contribution in [3.8, 4) is 0 Å². The number of aliphatic hydroxyl groups is 6. The molecule has 0 bridgehead atoms. The summed E-state index contributed by atoms with van der Waals surface area (Å²) in [5.74, 6) is -2.05. The van der Waals surface area contributed by atoms with E-state index in [9.17, 15) is 25.5 Å². The third kappa shape index (κ3) is 4.11. The van der Waals surface area contributed by atoms with Crippen molar-refractivity contribution in [2.45, 2.75) is 56.1 Å². The van der Waals surface area contributed by atoms with Gasteiger partial charge in [0.25, 0.3) is 0 Å². The van der Waals surface area contributed by atoms with E-state index in [2.05, 4.69) is 0 Å². The van der Waals surface area contributed by atoms with Gasteiger partial charge in [0, 0.05) is 20.1 Å². The predicted molar refractivity (Wildman–Crippen MR) is 71.2 cm³/mol. The third-order valence-corrected chi connectivity index (χ3v) is 3.94. The molecule has 0 radical (unpaired) electrons. The second-order valence-electron chi connectivity index (χ2n) is 5.66. The van der Waals surface area contributed by atoms with Crippen molar-refractivity contribution in [3.63, 3.8) is 0 Å². The number of hydrogen-bond acceptors (Lipinski definition) is 8. The van der Waals surface area contributed by atoms with E-state index in [0.717, 1.165) is 0 Å². The summed E-state index contributed by atoms with van der Waals surface area (Å²) in [4.78, 5) is 0. The highest BCUT2D eigenvalue weighted by Gasteiger charge is 2.51. The van der Waals surface area contributed by atoms with Crippen molar-refractivity contribution >= 4 is 0 Å². The second-order valence-corrected chi connectivity index (χ2v) is 5.66. The van der Waals surface area contributed by atoms with Crippen LogP contribution in [0.1, 0.15) is 19.8 Å². The highest BCUT2D eigenvalue weighted by atomic mass is 16.7. The molecule has 0 aromatic rings. The molecular weight excluding hydrogens is 284 g/mol. The number of aliphatic hydroxyl groups excluding tert-OH is 6. The number of methoxy groups -OCH3 is 1. The van der Waals surface area contributed by atoms with Gasteiger partial charge in [-0.15, -0.1) is 0 Å². The molecule has 0 saturated carbocycles. The van der Waals surface area contributed by atoms with Crippen LogP contribution in [0, 0.1) is 5.92 Å². The van der Waals surface area contributed by atoms with Crippen LogP contribution in [-0.2, 0) is 9.47 Å². The SMILES string of the molecule is CO[C@]1(CO)O[C@@H]([C@H](O)[C@H](O)C[C@@H](C)CO)C[C@@H](O)[C@H]1O. The summed E-state index contributed by atoms with van der Waals surface area (Å²) in [6.07, 6.45) is -6.24. The van der Waals surface area contributed by atoms with Crippen LogP contribution in [0.3, 0.4) is 0 Å². The van der Waals surface area contributed by atoms with Gasteiger partial charge in [-0.05, 0) is 12.3 Å². The van der Waals surface area contributed by atoms with E-state index in [4.69, 9.17) is 14.6 Å². The average Bonchev–Trinajstić information content (AvgIpc) is 2.49. The summed E-state index contributed by atoms with van der Waals surface area (Å²) in [5, 5.41) is 58.1. The highest BCUT2D eigenvalue weighted by Crippen LogP contribution is 2.32. The standard InChI is InChI=1S/C13H26O8/c1-7(5-14)3-8(16)11(18)10-4-9(17)12(19)13(6-15,20-2)21-10/h7-12,14-19H,3-6H2,1-2H3/t7-,8-,9-,10-,11-,12-,13-/m1/s1. The zero-order valence-electron chi connectivity index (χ0n) is 12.3. The summed E-state index contributed by atoms with van der Waals surface area (Å²) in [5.41, 5.74) is 0. The maximum absolute atomic E-state index is 10.1. The Hall–Kier alpha value is -0.320. The van der Waals surface area contributed by atoms with E-state index in [1.54, 1.807) is 6.92 Å². The van der Waals surface area contributed by atoms with E-state index in [0.29, 0.717) is 0 Å². The Morgan fingerprint density at radius 3 is 2.38 bits per heavy atom. The Kier molecular flexibility index (Phi) is 6.95. The molecule has 8 heteroatoms. The van der Waals surface area contributed by atoms with Gasteiger partial charge in [-0.3, -0.25) is 0 Å². The topological polar surface area (TPSA) is 140 Å². The first kappa shape index (κ1) is 18.7. The first-order valence-electron chi connectivity index (χ1n) is 6.98. The van der Waals surface area contributed by atoms with Crippen molar-refractivity contribution < 1.29 is 40.1 Å². The minimum atomic E-state index is -1.84. The number of ether oxygens (including phenoxy) is 2. The first-order chi connectivity index (χ1) is 9.81. The lowest BCUT2D eigenvalue weighted by atomic mass is 9.89. The second kappa shape index (κ2) is 7.80. The summed E-state index contributed by atoms with van der Waals surface area (Å²) in [7, 11) is 1.20. The van der Waals surface area contributed by atoms with Crippen molar-refractivity contribution in [1.29, 1.82) is 0 Å². The minimum absolute atomic E-state index is 0.113. The lowest BCUT2D eigenvalue weighted by molar-refractivity contribution is -0.354. The minimum Gasteiger partial charge on any atom is -0.396 e. The molecule has 0 amide bonds. The number of rotatable bonds is 7. The Morgan fingerprint density at radius 2 is 1.90 bits per heavy atom. The molecule has 0 aromatic heterocycles. The van der Waals surface area contributed by atoms with E-state index < -0.39 is 42.9 Å². The molecule has 0 spiro atoms. The molecule has 126 valence electrons. The lowest BCUT2D eigenvalue weighted by Crippen LogP contribution is -2.63. The monoisotopic (exact) mass is 310 g/mol. The predicted octanol–water partition coefficient (Wildman–Crippen LogP) is -2.43. The molecule has 0 aliphatic carbocycles. The Balaban J connectivity index is 2.78. The third-order valence-electron chi connectivity index (χ3n) is 3.94. The summed E-state index contributed by atoms with van der Waals surface area (Å²) >= 11 is 0. The fourth-order valence-electron chi connectivity index (χ4n) is 2.48. The molecule has 1 rings (SSSR count). The van der Waals surface area contributed by atoms with Crippen LogP contribution in [0.5, 0.6) is 0 Å². The van der Waals surface area contributed by atoms with Gasteiger partial charge in [0.1, 0.15) is 18.8 Å². The summed E-state index contributed by atoms with van der Waals surface area (Å²) in [6.45, 7) is 0.868. The molecule has 0 unspecified atom stereocenters. The van der Waals surface area contributed by atoms with Crippen LogP contribution in [0.2, 0.25) is 0 Å². The molecule has 21 heavy (non-hydrogen) atoms. The van der Waals surface area contributed by atoms with Gasteiger partial charge in [-0.1, -0.05) is 6.92 Å². The van der Waals surface area contributed by atoms with Crippen molar-refractivity contribution in [1.82, 2.24) is 0 Å². The van der Waals surface area contributed by atoms with E-state index in [1.807, 2.05) is 0 Å². The molecule has 1 aliphatic heterocycles. The zero-order chi connectivity index (χ0) is 16.2. The highest BCUT2D eigenvalue weighted by molar-refractivity contribution is 4.94. The number of hydrogen-bond donors (Lipinski definition) is 6. The summed E-state index contributed by atoms with van der Waals surface area (Å²) < 4.78 is 10.4. The van der Waals surface area contributed by atoms with Crippen LogP contribution in [0.25, 0.3) is 0 Å². The molecule has 1 aliphatic rings. The molecule has 1 saturated heterocycles. The van der Waals surface area contributed by atoms with Gasteiger partial charge in [-0.2, -0.15) is 0 Å². The fraction of sp³-hybridized carbons (Fsp3) is 1.00. The van der Waals surface area contributed by atoms with Gasteiger partial charge >= 0.3 is 0 Å². The van der Waals surface area contributed by atoms with Crippen LogP contribution in [0.4, 0.5) is 0 Å². The molecular formula is C13H26O8. The quantitative estimate of drug-likeness (QED) is 0.305. The largest absolute Gasteiger partial charge is 0.396 e. The lowest BCUT2D eigenvalue weighted by Gasteiger charge is -2.46. The van der Waals surface area contributed by atoms with Gasteiger partial charge in [0.05, 0.1) is 18.3 Å². The maximum Gasteiger partial charge on any atom is 0.221 e. The van der Waals surface area contributed by atoms with Crippen LogP contribution >= 0.6 is 0 Å². The molecule has 6 N–H and O–H groups in total. The molecule has 1 heterocycles.